The summed E-state index contributed by atoms with van der Waals surface area (Å²) in [4.78, 5) is 97.6. The molecule has 15 nitrogen and oxygen atoms in total. The Morgan fingerprint density at radius 2 is 1.42 bits per heavy atom. The van der Waals surface area contributed by atoms with Gasteiger partial charge in [-0.2, -0.15) is 0 Å². The zero-order valence-electron chi connectivity index (χ0n) is 32.4. The third-order valence-electron chi connectivity index (χ3n) is 10.9. The van der Waals surface area contributed by atoms with Crippen LogP contribution in [0.25, 0.3) is 11.1 Å². The second-order valence-electron chi connectivity index (χ2n) is 14.7. The van der Waals surface area contributed by atoms with Crippen LogP contribution in [0.15, 0.2) is 48.5 Å². The fraction of sp³-hybridized carbons (Fsp3) is 0.525. The first kappa shape index (κ1) is 40.7. The van der Waals surface area contributed by atoms with Crippen LogP contribution in [0.3, 0.4) is 0 Å². The van der Waals surface area contributed by atoms with E-state index >= 15 is 0 Å². The average molecular weight is 760 g/mol. The lowest BCUT2D eigenvalue weighted by molar-refractivity contribution is -0.155. The highest BCUT2D eigenvalue weighted by Gasteiger charge is 2.41. The van der Waals surface area contributed by atoms with Crippen LogP contribution < -0.4 is 10.6 Å². The van der Waals surface area contributed by atoms with Crippen molar-refractivity contribution in [1.82, 2.24) is 35.1 Å². The molecule has 296 valence electrons. The molecule has 0 bridgehead atoms. The second-order valence-corrected chi connectivity index (χ2v) is 14.7. The zero-order valence-corrected chi connectivity index (χ0v) is 32.4. The lowest BCUT2D eigenvalue weighted by Gasteiger charge is -2.42. The van der Waals surface area contributed by atoms with E-state index in [1.807, 2.05) is 62.4 Å². The van der Waals surface area contributed by atoms with Crippen molar-refractivity contribution in [1.29, 1.82) is 0 Å². The van der Waals surface area contributed by atoms with E-state index in [-0.39, 0.29) is 50.5 Å². The molecule has 5 rings (SSSR count). The van der Waals surface area contributed by atoms with E-state index < -0.39 is 47.7 Å². The predicted octanol–water partition coefficient (Wildman–Crippen LogP) is 1.65. The molecular formula is C40H53N7O8. The standard InChI is InChI=1S/C40H53N7O8/c1-6-26(2)37(42-40(54)55-25-31-29-15-9-7-13-27(29)28-14-8-10-16-30(28)31)39(53)45(5)24-36(51)47-20-17-32(47)38(52)44(4)23-35(50)43(3)22-33(48)41-21-34(49)46-18-11-12-19-46/h7-10,13-16,26,31-32,37H,6,11-12,17-25H2,1-5H3,(H,41,48)(H,42,54)/t26-,32?,37?/m0/s1. The number of benzene rings is 2. The number of nitrogens with zero attached hydrogens (tertiary/aromatic N) is 5. The molecule has 0 aromatic heterocycles. The van der Waals surface area contributed by atoms with Crippen LogP contribution in [0.4, 0.5) is 4.79 Å². The summed E-state index contributed by atoms with van der Waals surface area (Å²) in [6, 6.07) is 14.3. The van der Waals surface area contributed by atoms with E-state index in [1.54, 1.807) is 4.90 Å². The maximum Gasteiger partial charge on any atom is 0.407 e. The van der Waals surface area contributed by atoms with E-state index in [2.05, 4.69) is 10.6 Å². The summed E-state index contributed by atoms with van der Waals surface area (Å²) >= 11 is 0. The van der Waals surface area contributed by atoms with Gasteiger partial charge in [0.2, 0.25) is 35.4 Å². The van der Waals surface area contributed by atoms with E-state index in [0.717, 1.165) is 35.1 Å². The highest BCUT2D eigenvalue weighted by molar-refractivity contribution is 5.95. The number of hydrogen-bond donors (Lipinski definition) is 2. The number of likely N-dealkylation sites (tertiary alicyclic amines) is 2. The number of nitrogens with one attached hydrogen (secondary N) is 2. The molecule has 2 aromatic rings. The first-order valence-electron chi connectivity index (χ1n) is 19.0. The van der Waals surface area contributed by atoms with Crippen LogP contribution in [-0.2, 0) is 33.5 Å². The number of hydrogen-bond acceptors (Lipinski definition) is 8. The summed E-state index contributed by atoms with van der Waals surface area (Å²) in [5.74, 6) is -2.90. The molecule has 0 saturated carbocycles. The molecule has 1 aliphatic carbocycles. The van der Waals surface area contributed by atoms with Crippen LogP contribution in [0.2, 0.25) is 0 Å². The predicted molar refractivity (Wildman–Crippen MR) is 203 cm³/mol. The molecule has 2 saturated heterocycles. The number of fused-ring (bicyclic) bond motifs is 3. The summed E-state index contributed by atoms with van der Waals surface area (Å²) < 4.78 is 5.70. The number of amides is 7. The maximum atomic E-state index is 13.7. The van der Waals surface area contributed by atoms with Crippen molar-refractivity contribution in [3.63, 3.8) is 0 Å². The zero-order chi connectivity index (χ0) is 39.8. The molecule has 2 fully saturated rings. The van der Waals surface area contributed by atoms with Gasteiger partial charge < -0.3 is 39.9 Å². The van der Waals surface area contributed by atoms with Gasteiger partial charge in [-0.25, -0.2) is 4.79 Å². The molecule has 0 radical (unpaired) electrons. The SMILES string of the molecule is CC[C@H](C)C(NC(=O)OCC1c2ccccc2-c2ccccc21)C(=O)N(C)CC(=O)N1CCC1C(=O)N(C)CC(=O)N(C)CC(=O)NCC(=O)N1CCCC1. The Hall–Kier alpha value is -5.47. The van der Waals surface area contributed by atoms with Crippen LogP contribution in [0, 0.1) is 5.92 Å². The van der Waals surface area contributed by atoms with Crippen LogP contribution in [0.5, 0.6) is 0 Å². The molecule has 55 heavy (non-hydrogen) atoms. The molecule has 2 N–H and O–H groups in total. The summed E-state index contributed by atoms with van der Waals surface area (Å²) in [6.07, 6.45) is 2.12. The Morgan fingerprint density at radius 1 is 0.800 bits per heavy atom. The molecular weight excluding hydrogens is 706 g/mol. The fourth-order valence-electron chi connectivity index (χ4n) is 7.27. The Bertz CT molecular complexity index is 1730. The normalized spacial score (nSPS) is 16.9. The summed E-state index contributed by atoms with van der Waals surface area (Å²) in [6.45, 7) is 4.43. The van der Waals surface area contributed by atoms with Crippen molar-refractivity contribution in [2.45, 2.75) is 57.5 Å². The molecule has 0 spiro atoms. The van der Waals surface area contributed by atoms with Gasteiger partial charge in [-0.05, 0) is 47.4 Å². The quantitative estimate of drug-likeness (QED) is 0.277. The highest BCUT2D eigenvalue weighted by Crippen LogP contribution is 2.44. The van der Waals surface area contributed by atoms with Crippen molar-refractivity contribution in [3.8, 4) is 11.1 Å². The van der Waals surface area contributed by atoms with Crippen molar-refractivity contribution in [2.24, 2.45) is 5.92 Å². The molecule has 15 heteroatoms. The Labute approximate surface area is 322 Å². The van der Waals surface area contributed by atoms with Gasteiger partial charge in [0.25, 0.3) is 0 Å². The number of rotatable bonds is 15. The van der Waals surface area contributed by atoms with Crippen molar-refractivity contribution in [3.05, 3.63) is 59.7 Å². The van der Waals surface area contributed by atoms with Gasteiger partial charge in [-0.3, -0.25) is 28.8 Å². The first-order valence-corrected chi connectivity index (χ1v) is 19.0. The number of alkyl carbamates (subject to hydrolysis) is 1. The largest absolute Gasteiger partial charge is 0.449 e. The van der Waals surface area contributed by atoms with Crippen LogP contribution in [0.1, 0.15) is 56.6 Å². The maximum absolute atomic E-state index is 13.7. The summed E-state index contributed by atoms with van der Waals surface area (Å²) in [5.41, 5.74) is 4.34. The van der Waals surface area contributed by atoms with Crippen LogP contribution in [-0.4, -0.2) is 152 Å². The summed E-state index contributed by atoms with van der Waals surface area (Å²) in [5, 5.41) is 5.28. The Kier molecular flexibility index (Phi) is 13.5. The fourth-order valence-corrected chi connectivity index (χ4v) is 7.27. The molecule has 7 amide bonds. The van der Waals surface area contributed by atoms with Crippen molar-refractivity contribution < 1.29 is 38.3 Å². The van der Waals surface area contributed by atoms with Gasteiger partial charge in [0.15, 0.2) is 0 Å². The first-order chi connectivity index (χ1) is 26.3. The lowest BCUT2D eigenvalue weighted by atomic mass is 9.97. The smallest absolute Gasteiger partial charge is 0.407 e. The highest BCUT2D eigenvalue weighted by atomic mass is 16.5. The van der Waals surface area contributed by atoms with E-state index in [0.29, 0.717) is 32.5 Å². The number of likely N-dealkylation sites (N-methyl/N-ethyl adjacent to an activating group) is 3. The second kappa shape index (κ2) is 18.2. The number of ether oxygens (including phenoxy) is 1. The lowest BCUT2D eigenvalue weighted by Crippen LogP contribution is -2.61. The molecule has 2 heterocycles. The molecule has 3 aliphatic rings. The number of carbonyl (C=O) groups excluding carboxylic acids is 7. The van der Waals surface area contributed by atoms with E-state index in [9.17, 15) is 33.6 Å². The van der Waals surface area contributed by atoms with Gasteiger partial charge in [0.05, 0.1) is 26.2 Å². The van der Waals surface area contributed by atoms with Gasteiger partial charge in [-0.1, -0.05) is 68.8 Å². The van der Waals surface area contributed by atoms with Crippen LogP contribution >= 0.6 is 0 Å². The molecule has 2 unspecified atom stereocenters. The number of carbonyl (C=O) groups is 7. The van der Waals surface area contributed by atoms with Gasteiger partial charge >= 0.3 is 6.09 Å². The minimum absolute atomic E-state index is 0.0900. The third-order valence-corrected chi connectivity index (χ3v) is 10.9. The molecule has 2 aliphatic heterocycles. The average Bonchev–Trinajstić information content (AvgIpc) is 3.81. The van der Waals surface area contributed by atoms with Crippen molar-refractivity contribution >= 4 is 41.5 Å². The van der Waals surface area contributed by atoms with E-state index in [4.69, 9.17) is 4.74 Å². The topological polar surface area (TPSA) is 169 Å². The Morgan fingerprint density at radius 3 is 2.00 bits per heavy atom. The Balaban J connectivity index is 1.08. The van der Waals surface area contributed by atoms with E-state index in [1.165, 1.54) is 40.7 Å². The molecule has 3 atom stereocenters. The minimum atomic E-state index is -0.950. The van der Waals surface area contributed by atoms with Gasteiger partial charge in [-0.15, -0.1) is 0 Å². The third kappa shape index (κ3) is 9.62. The van der Waals surface area contributed by atoms with Gasteiger partial charge in [0.1, 0.15) is 18.7 Å². The molecule has 2 aromatic carbocycles. The minimum Gasteiger partial charge on any atom is -0.449 e. The van der Waals surface area contributed by atoms with Gasteiger partial charge in [0, 0.05) is 46.7 Å². The van der Waals surface area contributed by atoms with Crippen molar-refractivity contribution in [2.75, 3.05) is 73.6 Å². The monoisotopic (exact) mass is 759 g/mol. The summed E-state index contributed by atoms with van der Waals surface area (Å²) in [7, 11) is 4.36.